The summed E-state index contributed by atoms with van der Waals surface area (Å²) < 4.78 is 26.7. The van der Waals surface area contributed by atoms with Gasteiger partial charge in [0.25, 0.3) is 0 Å². The highest BCUT2D eigenvalue weighted by molar-refractivity contribution is 7.92. The molecule has 7 nitrogen and oxygen atoms in total. The van der Waals surface area contributed by atoms with Gasteiger partial charge in [-0.05, 0) is 60.7 Å². The number of carbonyl (C=O) groups is 2. The van der Waals surface area contributed by atoms with Crippen LogP contribution in [0.1, 0.15) is 49.3 Å². The van der Waals surface area contributed by atoms with Crippen LogP contribution in [0.2, 0.25) is 10.0 Å². The molecule has 3 aromatic rings. The van der Waals surface area contributed by atoms with E-state index >= 15 is 0 Å². The smallest absolute Gasteiger partial charge is 0.243 e. The molecule has 0 radical (unpaired) electrons. The molecular formula is C32H39Cl2N3O4S. The Morgan fingerprint density at radius 2 is 1.57 bits per heavy atom. The van der Waals surface area contributed by atoms with Crippen LogP contribution in [-0.2, 0) is 32.6 Å². The Hall–Kier alpha value is -3.07. The number of sulfonamides is 1. The highest BCUT2D eigenvalue weighted by atomic mass is 35.5. The van der Waals surface area contributed by atoms with E-state index in [9.17, 15) is 18.0 Å². The number of benzene rings is 3. The van der Waals surface area contributed by atoms with Crippen LogP contribution in [-0.4, -0.2) is 50.5 Å². The first-order valence-electron chi connectivity index (χ1n) is 14.1. The average Bonchev–Trinajstić information content (AvgIpc) is 2.95. The molecule has 10 heteroatoms. The molecule has 0 saturated carbocycles. The molecule has 3 aromatic carbocycles. The van der Waals surface area contributed by atoms with Gasteiger partial charge in [0.05, 0.1) is 11.9 Å². The fourth-order valence-electron chi connectivity index (χ4n) is 4.68. The maximum absolute atomic E-state index is 13.9. The zero-order valence-corrected chi connectivity index (χ0v) is 26.7. The summed E-state index contributed by atoms with van der Waals surface area (Å²) in [5.74, 6) is -0.463. The van der Waals surface area contributed by atoms with Crippen LogP contribution >= 0.6 is 23.2 Å². The summed E-state index contributed by atoms with van der Waals surface area (Å²) in [6.07, 6.45) is 3.55. The van der Waals surface area contributed by atoms with Crippen LogP contribution in [0.15, 0.2) is 72.8 Å². The second-order valence-electron chi connectivity index (χ2n) is 10.4. The van der Waals surface area contributed by atoms with Crippen molar-refractivity contribution in [2.45, 2.75) is 58.5 Å². The van der Waals surface area contributed by atoms with Gasteiger partial charge in [-0.15, -0.1) is 0 Å². The Kier molecular flexibility index (Phi) is 12.7. The lowest BCUT2D eigenvalue weighted by atomic mass is 10.0. The third-order valence-corrected chi connectivity index (χ3v) is 8.63. The van der Waals surface area contributed by atoms with E-state index in [1.807, 2.05) is 49.4 Å². The fourth-order valence-corrected chi connectivity index (χ4v) is 5.99. The molecule has 0 heterocycles. The van der Waals surface area contributed by atoms with E-state index in [0.717, 1.165) is 35.8 Å². The van der Waals surface area contributed by atoms with E-state index in [4.69, 9.17) is 23.2 Å². The molecule has 0 aliphatic rings. The van der Waals surface area contributed by atoms with Gasteiger partial charge in [0.15, 0.2) is 0 Å². The predicted octanol–water partition coefficient (Wildman–Crippen LogP) is 6.40. The molecule has 0 bridgehead atoms. The van der Waals surface area contributed by atoms with Crippen molar-refractivity contribution in [1.82, 2.24) is 10.2 Å². The number of amides is 2. The van der Waals surface area contributed by atoms with Crippen molar-refractivity contribution in [1.29, 1.82) is 0 Å². The Bertz CT molecular complexity index is 1430. The number of hydrogen-bond acceptors (Lipinski definition) is 4. The third-order valence-electron chi connectivity index (χ3n) is 6.96. The SMILES string of the molecule is CCCCNC(=O)[C@H](Cc1ccccc1)N(Cc1ccc(Cl)cc1)C(=O)CCCN(c1cc(Cl)ccc1C)S(C)(=O)=O. The molecule has 0 unspecified atom stereocenters. The molecule has 0 saturated heterocycles. The molecular weight excluding hydrogens is 593 g/mol. The topological polar surface area (TPSA) is 86.8 Å². The van der Waals surface area contributed by atoms with Crippen molar-refractivity contribution >= 4 is 50.7 Å². The van der Waals surface area contributed by atoms with Gasteiger partial charge >= 0.3 is 0 Å². The second kappa shape index (κ2) is 16.0. The molecule has 1 atom stereocenters. The van der Waals surface area contributed by atoms with E-state index < -0.39 is 16.1 Å². The average molecular weight is 633 g/mol. The quantitative estimate of drug-likeness (QED) is 0.197. The number of rotatable bonds is 15. The van der Waals surface area contributed by atoms with Crippen LogP contribution in [0.5, 0.6) is 0 Å². The Morgan fingerprint density at radius 1 is 0.905 bits per heavy atom. The van der Waals surface area contributed by atoms with Gasteiger partial charge in [-0.1, -0.05) is 85.1 Å². The normalized spacial score (nSPS) is 12.0. The minimum Gasteiger partial charge on any atom is -0.354 e. The zero-order chi connectivity index (χ0) is 30.7. The molecule has 2 amide bonds. The molecule has 3 rings (SSSR count). The van der Waals surface area contributed by atoms with Gasteiger partial charge in [0.2, 0.25) is 21.8 Å². The summed E-state index contributed by atoms with van der Waals surface area (Å²) in [6.45, 7) is 4.68. The molecule has 0 aliphatic heterocycles. The monoisotopic (exact) mass is 631 g/mol. The number of aryl methyl sites for hydroxylation is 1. The Balaban J connectivity index is 1.88. The van der Waals surface area contributed by atoms with Gasteiger partial charge in [-0.25, -0.2) is 8.42 Å². The summed E-state index contributed by atoms with van der Waals surface area (Å²) in [7, 11) is -3.64. The van der Waals surface area contributed by atoms with Crippen molar-refractivity contribution in [3.63, 3.8) is 0 Å². The molecule has 0 aromatic heterocycles. The van der Waals surface area contributed by atoms with Gasteiger partial charge in [0.1, 0.15) is 6.04 Å². The van der Waals surface area contributed by atoms with Crippen molar-refractivity contribution in [2.75, 3.05) is 23.7 Å². The first-order valence-corrected chi connectivity index (χ1v) is 16.7. The largest absolute Gasteiger partial charge is 0.354 e. The number of halogens is 2. The third kappa shape index (κ3) is 10.0. The minimum atomic E-state index is -3.64. The molecule has 42 heavy (non-hydrogen) atoms. The van der Waals surface area contributed by atoms with Crippen molar-refractivity contribution in [2.24, 2.45) is 0 Å². The van der Waals surface area contributed by atoms with E-state index in [2.05, 4.69) is 12.2 Å². The number of unbranched alkanes of at least 4 members (excludes halogenated alkanes) is 1. The molecule has 0 aliphatic carbocycles. The first kappa shape index (κ1) is 33.4. The number of anilines is 1. The highest BCUT2D eigenvalue weighted by Crippen LogP contribution is 2.27. The summed E-state index contributed by atoms with van der Waals surface area (Å²) >= 11 is 12.3. The van der Waals surface area contributed by atoms with Crippen LogP contribution in [0.3, 0.4) is 0 Å². The molecule has 0 fully saturated rings. The number of nitrogens with zero attached hydrogens (tertiary/aromatic N) is 2. The van der Waals surface area contributed by atoms with Crippen molar-refractivity contribution in [3.8, 4) is 0 Å². The summed E-state index contributed by atoms with van der Waals surface area (Å²) in [5.41, 5.74) is 3.00. The van der Waals surface area contributed by atoms with Crippen LogP contribution in [0, 0.1) is 6.92 Å². The molecule has 0 spiro atoms. The predicted molar refractivity (Wildman–Crippen MR) is 171 cm³/mol. The van der Waals surface area contributed by atoms with Crippen LogP contribution < -0.4 is 9.62 Å². The van der Waals surface area contributed by atoms with E-state index in [1.165, 1.54) is 4.31 Å². The van der Waals surface area contributed by atoms with Crippen molar-refractivity contribution in [3.05, 3.63) is 99.5 Å². The van der Waals surface area contributed by atoms with Crippen molar-refractivity contribution < 1.29 is 18.0 Å². The lowest BCUT2D eigenvalue weighted by molar-refractivity contribution is -0.141. The van der Waals surface area contributed by atoms with Crippen LogP contribution in [0.4, 0.5) is 5.69 Å². The summed E-state index contributed by atoms with van der Waals surface area (Å²) in [6, 6.07) is 21.1. The second-order valence-corrected chi connectivity index (χ2v) is 13.1. The Morgan fingerprint density at radius 3 is 2.21 bits per heavy atom. The lowest BCUT2D eigenvalue weighted by Gasteiger charge is -2.32. The molecule has 1 N–H and O–H groups in total. The van der Waals surface area contributed by atoms with E-state index in [0.29, 0.717) is 28.7 Å². The van der Waals surface area contributed by atoms with Gasteiger partial charge in [0, 0.05) is 42.5 Å². The first-order chi connectivity index (χ1) is 20.0. The summed E-state index contributed by atoms with van der Waals surface area (Å²) in [5, 5.41) is 4.01. The Labute approximate surface area is 259 Å². The zero-order valence-electron chi connectivity index (χ0n) is 24.4. The molecule has 226 valence electrons. The van der Waals surface area contributed by atoms with Crippen LogP contribution in [0.25, 0.3) is 0 Å². The fraction of sp³-hybridized carbons (Fsp3) is 0.375. The van der Waals surface area contributed by atoms with Gasteiger partial charge in [-0.3, -0.25) is 13.9 Å². The maximum atomic E-state index is 13.9. The lowest BCUT2D eigenvalue weighted by Crippen LogP contribution is -2.50. The summed E-state index contributed by atoms with van der Waals surface area (Å²) in [4.78, 5) is 29.1. The van der Waals surface area contributed by atoms with E-state index in [-0.39, 0.29) is 37.7 Å². The number of hydrogen-bond donors (Lipinski definition) is 1. The number of carbonyl (C=O) groups excluding carboxylic acids is 2. The minimum absolute atomic E-state index is 0.0484. The maximum Gasteiger partial charge on any atom is 0.243 e. The van der Waals surface area contributed by atoms with E-state index in [1.54, 1.807) is 35.2 Å². The van der Waals surface area contributed by atoms with Gasteiger partial charge < -0.3 is 10.2 Å². The number of nitrogens with one attached hydrogen (secondary N) is 1. The standard InChI is InChI=1S/C32H39Cl2N3O4S/c1-4-5-19-35-32(39)30(21-25-10-7-6-8-11-25)36(23-26-14-17-27(33)18-15-26)31(38)12-9-20-37(42(3,40)41)29-22-28(34)16-13-24(29)2/h6-8,10-11,13-18,22,30H,4-5,9,12,19-21,23H2,1-3H3,(H,35,39)/t30-/m0/s1. The van der Waals surface area contributed by atoms with Gasteiger partial charge in [-0.2, -0.15) is 0 Å². The highest BCUT2D eigenvalue weighted by Gasteiger charge is 2.30.